The molecule has 0 spiro atoms. The molecule has 1 aromatic carbocycles. The molecule has 2 aromatic rings. The van der Waals surface area contributed by atoms with Crippen LogP contribution < -0.4 is 10.6 Å². The third-order valence-corrected chi connectivity index (χ3v) is 2.92. The van der Waals surface area contributed by atoms with Gasteiger partial charge >= 0.3 is 5.97 Å². The zero-order valence-corrected chi connectivity index (χ0v) is 11.7. The summed E-state index contributed by atoms with van der Waals surface area (Å²) in [6.07, 6.45) is 0.866. The summed E-state index contributed by atoms with van der Waals surface area (Å²) in [5.74, 6) is 0.518. The quantitative estimate of drug-likeness (QED) is 0.834. The van der Waals surface area contributed by atoms with Gasteiger partial charge in [-0.2, -0.15) is 0 Å². The predicted octanol–water partition coefficient (Wildman–Crippen LogP) is 1.60. The summed E-state index contributed by atoms with van der Waals surface area (Å²) in [4.78, 5) is 22.1. The Labute approximate surface area is 117 Å². The maximum absolute atomic E-state index is 11.5. The van der Waals surface area contributed by atoms with Crippen LogP contribution in [-0.2, 0) is 9.53 Å². The first-order chi connectivity index (χ1) is 9.65. The zero-order chi connectivity index (χ0) is 14.5. The van der Waals surface area contributed by atoms with Crippen LogP contribution in [0.4, 0.5) is 11.6 Å². The molecule has 1 aromatic heterocycles. The number of para-hydroxylation sites is 2. The van der Waals surface area contributed by atoms with Gasteiger partial charge in [0.15, 0.2) is 11.6 Å². The van der Waals surface area contributed by atoms with Crippen molar-refractivity contribution in [1.82, 2.24) is 9.97 Å². The summed E-state index contributed by atoms with van der Waals surface area (Å²) < 4.78 is 4.71. The van der Waals surface area contributed by atoms with Crippen LogP contribution in [0.5, 0.6) is 0 Å². The third kappa shape index (κ3) is 2.96. The van der Waals surface area contributed by atoms with Gasteiger partial charge in [0.25, 0.3) is 0 Å². The van der Waals surface area contributed by atoms with Crippen LogP contribution in [0.15, 0.2) is 24.3 Å². The molecule has 2 N–H and O–H groups in total. The minimum absolute atomic E-state index is 0.113. The first-order valence-corrected chi connectivity index (χ1v) is 6.49. The molecule has 0 saturated carbocycles. The lowest BCUT2D eigenvalue weighted by Gasteiger charge is -2.22. The Balaban J connectivity index is 2.41. The molecule has 0 fully saturated rings. The van der Waals surface area contributed by atoms with Crippen molar-refractivity contribution in [3.8, 4) is 0 Å². The lowest BCUT2D eigenvalue weighted by molar-refractivity contribution is -0.138. The fraction of sp³-hybridized carbons (Fsp3) is 0.357. The Bertz CT molecular complexity index is 615. The molecule has 0 bridgehead atoms. The van der Waals surface area contributed by atoms with Gasteiger partial charge in [-0.1, -0.05) is 19.1 Å². The van der Waals surface area contributed by atoms with Gasteiger partial charge < -0.3 is 15.4 Å². The fourth-order valence-corrected chi connectivity index (χ4v) is 1.99. The second-order valence-electron chi connectivity index (χ2n) is 4.42. The first kappa shape index (κ1) is 14.0. The molecular formula is C14H18N4O2. The SMILES string of the molecule is CCCN(CC(=O)OC)c1nc2ccccc2nc1N. The summed E-state index contributed by atoms with van der Waals surface area (Å²) in [7, 11) is 1.36. The normalized spacial score (nSPS) is 10.5. The van der Waals surface area contributed by atoms with E-state index in [0.717, 1.165) is 17.5 Å². The van der Waals surface area contributed by atoms with E-state index in [9.17, 15) is 4.79 Å². The number of carbonyl (C=O) groups excluding carboxylic acids is 1. The minimum Gasteiger partial charge on any atom is -0.468 e. The van der Waals surface area contributed by atoms with E-state index in [0.29, 0.717) is 18.2 Å². The number of nitrogen functional groups attached to an aromatic ring is 1. The highest BCUT2D eigenvalue weighted by molar-refractivity contribution is 5.82. The highest BCUT2D eigenvalue weighted by Gasteiger charge is 2.16. The van der Waals surface area contributed by atoms with Crippen LogP contribution in [0.1, 0.15) is 13.3 Å². The van der Waals surface area contributed by atoms with E-state index < -0.39 is 0 Å². The summed E-state index contributed by atoms with van der Waals surface area (Å²) in [6.45, 7) is 2.79. The molecule has 0 aliphatic rings. The smallest absolute Gasteiger partial charge is 0.325 e. The number of carbonyl (C=O) groups is 1. The molecule has 20 heavy (non-hydrogen) atoms. The van der Waals surface area contributed by atoms with Gasteiger partial charge in [-0.05, 0) is 18.6 Å². The number of hydrogen-bond donors (Lipinski definition) is 1. The summed E-state index contributed by atoms with van der Waals surface area (Å²) in [5, 5.41) is 0. The number of hydrogen-bond acceptors (Lipinski definition) is 6. The number of esters is 1. The van der Waals surface area contributed by atoms with Crippen LogP contribution in [0.3, 0.4) is 0 Å². The number of aromatic nitrogens is 2. The number of rotatable bonds is 5. The lowest BCUT2D eigenvalue weighted by atomic mass is 10.3. The van der Waals surface area contributed by atoms with E-state index in [1.54, 1.807) is 4.90 Å². The summed E-state index contributed by atoms with van der Waals surface area (Å²) in [5.41, 5.74) is 7.46. The Morgan fingerprint density at radius 3 is 2.55 bits per heavy atom. The highest BCUT2D eigenvalue weighted by atomic mass is 16.5. The second-order valence-corrected chi connectivity index (χ2v) is 4.42. The molecule has 0 aliphatic carbocycles. The molecule has 106 valence electrons. The maximum Gasteiger partial charge on any atom is 0.325 e. The molecule has 0 saturated heterocycles. The molecule has 6 nitrogen and oxygen atoms in total. The molecule has 0 aliphatic heterocycles. The van der Waals surface area contributed by atoms with Crippen LogP contribution in [-0.4, -0.2) is 36.1 Å². The number of benzene rings is 1. The fourth-order valence-electron chi connectivity index (χ4n) is 1.99. The van der Waals surface area contributed by atoms with E-state index in [1.165, 1.54) is 7.11 Å². The Morgan fingerprint density at radius 1 is 1.30 bits per heavy atom. The number of anilines is 2. The van der Waals surface area contributed by atoms with Crippen LogP contribution >= 0.6 is 0 Å². The topological polar surface area (TPSA) is 81.3 Å². The van der Waals surface area contributed by atoms with Crippen molar-refractivity contribution < 1.29 is 9.53 Å². The van der Waals surface area contributed by atoms with E-state index >= 15 is 0 Å². The largest absolute Gasteiger partial charge is 0.468 e. The molecular weight excluding hydrogens is 256 g/mol. The van der Waals surface area contributed by atoms with Crippen LogP contribution in [0.25, 0.3) is 11.0 Å². The van der Waals surface area contributed by atoms with Gasteiger partial charge in [0.05, 0.1) is 18.1 Å². The Kier molecular flexibility index (Phi) is 4.34. The van der Waals surface area contributed by atoms with Crippen LogP contribution in [0.2, 0.25) is 0 Å². The van der Waals surface area contributed by atoms with E-state index in [4.69, 9.17) is 10.5 Å². The first-order valence-electron chi connectivity index (χ1n) is 6.49. The highest BCUT2D eigenvalue weighted by Crippen LogP contribution is 2.22. The Hall–Kier alpha value is -2.37. The Morgan fingerprint density at radius 2 is 1.95 bits per heavy atom. The van der Waals surface area contributed by atoms with Gasteiger partial charge in [-0.25, -0.2) is 9.97 Å². The van der Waals surface area contributed by atoms with Crippen molar-refractivity contribution >= 4 is 28.6 Å². The van der Waals surface area contributed by atoms with Gasteiger partial charge in [-0.3, -0.25) is 4.79 Å². The predicted molar refractivity (Wildman–Crippen MR) is 78.5 cm³/mol. The van der Waals surface area contributed by atoms with Crippen molar-refractivity contribution in [3.05, 3.63) is 24.3 Å². The van der Waals surface area contributed by atoms with Crippen molar-refractivity contribution in [1.29, 1.82) is 0 Å². The summed E-state index contributed by atoms with van der Waals surface area (Å²) in [6, 6.07) is 7.50. The molecule has 6 heteroatoms. The number of ether oxygens (including phenoxy) is 1. The number of methoxy groups -OCH3 is 1. The van der Waals surface area contributed by atoms with Gasteiger partial charge in [0, 0.05) is 6.54 Å². The molecule has 2 rings (SSSR count). The lowest BCUT2D eigenvalue weighted by Crippen LogP contribution is -2.32. The number of nitrogens with two attached hydrogens (primary N) is 1. The summed E-state index contributed by atoms with van der Waals surface area (Å²) >= 11 is 0. The third-order valence-electron chi connectivity index (χ3n) is 2.92. The molecule has 0 amide bonds. The molecule has 0 unspecified atom stereocenters. The van der Waals surface area contributed by atoms with Gasteiger partial charge in [-0.15, -0.1) is 0 Å². The van der Waals surface area contributed by atoms with Crippen molar-refractivity contribution in [2.24, 2.45) is 0 Å². The number of fused-ring (bicyclic) bond motifs is 1. The van der Waals surface area contributed by atoms with Crippen LogP contribution in [0, 0.1) is 0 Å². The monoisotopic (exact) mass is 274 g/mol. The average molecular weight is 274 g/mol. The van der Waals surface area contributed by atoms with Crippen molar-refractivity contribution in [2.75, 3.05) is 30.8 Å². The van der Waals surface area contributed by atoms with E-state index in [2.05, 4.69) is 9.97 Å². The maximum atomic E-state index is 11.5. The molecule has 0 radical (unpaired) electrons. The average Bonchev–Trinajstić information content (AvgIpc) is 2.46. The van der Waals surface area contributed by atoms with Crippen molar-refractivity contribution in [3.63, 3.8) is 0 Å². The standard InChI is InChI=1S/C14H18N4O2/c1-3-8-18(9-12(19)20-2)14-13(15)16-10-6-4-5-7-11(10)17-14/h4-7H,3,8-9H2,1-2H3,(H2,15,16). The minimum atomic E-state index is -0.326. The van der Waals surface area contributed by atoms with E-state index in [-0.39, 0.29) is 12.5 Å². The zero-order valence-electron chi connectivity index (χ0n) is 11.7. The van der Waals surface area contributed by atoms with Gasteiger partial charge in [0.2, 0.25) is 0 Å². The second kappa shape index (κ2) is 6.18. The molecule has 1 heterocycles. The van der Waals surface area contributed by atoms with Gasteiger partial charge in [0.1, 0.15) is 6.54 Å². The number of nitrogens with zero attached hydrogens (tertiary/aromatic N) is 3. The molecule has 0 atom stereocenters. The van der Waals surface area contributed by atoms with Crippen molar-refractivity contribution in [2.45, 2.75) is 13.3 Å². The van der Waals surface area contributed by atoms with E-state index in [1.807, 2.05) is 31.2 Å².